The molecular weight excluding hydrogens is 228 g/mol. The Balaban J connectivity index is 2.02. The maximum atomic E-state index is 6.13. The van der Waals surface area contributed by atoms with Gasteiger partial charge in [-0.25, -0.2) is 0 Å². The highest BCUT2D eigenvalue weighted by Crippen LogP contribution is 2.30. The zero-order chi connectivity index (χ0) is 13.4. The van der Waals surface area contributed by atoms with E-state index in [0.717, 1.165) is 32.8 Å². The first-order valence-electron chi connectivity index (χ1n) is 7.06. The van der Waals surface area contributed by atoms with E-state index in [1.165, 1.54) is 0 Å². The number of rotatable bonds is 2. The van der Waals surface area contributed by atoms with Gasteiger partial charge in [0.15, 0.2) is 0 Å². The zero-order valence-electron chi connectivity index (χ0n) is 12.5. The fraction of sp³-hybridized carbons (Fsp3) is 1.00. The average molecular weight is 256 g/mol. The van der Waals surface area contributed by atoms with E-state index in [4.69, 9.17) is 9.47 Å². The monoisotopic (exact) mass is 256 g/mol. The second kappa shape index (κ2) is 5.08. The van der Waals surface area contributed by atoms with Crippen LogP contribution in [0.5, 0.6) is 0 Å². The van der Waals surface area contributed by atoms with Gasteiger partial charge < -0.3 is 14.8 Å². The van der Waals surface area contributed by atoms with Crippen molar-refractivity contribution in [3.05, 3.63) is 0 Å². The lowest BCUT2D eigenvalue weighted by atomic mass is 9.96. The van der Waals surface area contributed by atoms with Crippen LogP contribution < -0.4 is 5.32 Å². The molecule has 4 nitrogen and oxygen atoms in total. The second-order valence-electron chi connectivity index (χ2n) is 6.88. The van der Waals surface area contributed by atoms with Crippen molar-refractivity contribution in [1.29, 1.82) is 0 Å². The Labute approximate surface area is 111 Å². The van der Waals surface area contributed by atoms with E-state index >= 15 is 0 Å². The van der Waals surface area contributed by atoms with Crippen LogP contribution in [0.4, 0.5) is 0 Å². The molecule has 2 fully saturated rings. The fourth-order valence-corrected chi connectivity index (χ4v) is 3.27. The van der Waals surface area contributed by atoms with Crippen LogP contribution in [0, 0.1) is 0 Å². The van der Waals surface area contributed by atoms with Crippen molar-refractivity contribution < 1.29 is 9.47 Å². The summed E-state index contributed by atoms with van der Waals surface area (Å²) < 4.78 is 12.0. The van der Waals surface area contributed by atoms with Crippen LogP contribution in [0.3, 0.4) is 0 Å². The average Bonchev–Trinajstić information content (AvgIpc) is 2.25. The summed E-state index contributed by atoms with van der Waals surface area (Å²) in [5, 5.41) is 3.41. The molecule has 2 atom stereocenters. The summed E-state index contributed by atoms with van der Waals surface area (Å²) in [6.07, 6.45) is 0.295. The quantitative estimate of drug-likeness (QED) is 0.806. The van der Waals surface area contributed by atoms with Crippen LogP contribution in [0.25, 0.3) is 0 Å². The third-order valence-corrected chi connectivity index (χ3v) is 3.79. The lowest BCUT2D eigenvalue weighted by Gasteiger charge is -2.50. The van der Waals surface area contributed by atoms with E-state index in [-0.39, 0.29) is 11.2 Å². The van der Waals surface area contributed by atoms with Crippen molar-refractivity contribution in [3.8, 4) is 0 Å². The maximum Gasteiger partial charge on any atom is 0.0852 e. The minimum absolute atomic E-state index is 0.0852. The summed E-state index contributed by atoms with van der Waals surface area (Å²) in [5.74, 6) is 0. The molecule has 2 saturated heterocycles. The maximum absolute atomic E-state index is 6.13. The van der Waals surface area contributed by atoms with Crippen molar-refractivity contribution in [2.45, 2.75) is 58.0 Å². The Kier molecular flexibility index (Phi) is 4.02. The highest BCUT2D eigenvalue weighted by atomic mass is 16.5. The third-order valence-electron chi connectivity index (χ3n) is 3.79. The smallest absolute Gasteiger partial charge is 0.0852 e. The molecule has 0 aromatic heterocycles. The first kappa shape index (κ1) is 14.3. The molecule has 18 heavy (non-hydrogen) atoms. The van der Waals surface area contributed by atoms with E-state index < -0.39 is 0 Å². The molecule has 0 amide bonds. The Morgan fingerprint density at radius 1 is 1.17 bits per heavy atom. The van der Waals surface area contributed by atoms with Gasteiger partial charge in [-0.15, -0.1) is 0 Å². The number of nitrogens with one attached hydrogen (secondary N) is 1. The van der Waals surface area contributed by atoms with Gasteiger partial charge in [0, 0.05) is 32.2 Å². The van der Waals surface area contributed by atoms with E-state index in [0.29, 0.717) is 12.1 Å². The molecule has 0 aromatic carbocycles. The molecule has 0 aliphatic carbocycles. The Morgan fingerprint density at radius 2 is 1.78 bits per heavy atom. The van der Waals surface area contributed by atoms with E-state index in [1.54, 1.807) is 0 Å². The van der Waals surface area contributed by atoms with Crippen molar-refractivity contribution >= 4 is 0 Å². The van der Waals surface area contributed by atoms with Crippen molar-refractivity contribution in [1.82, 2.24) is 10.2 Å². The molecule has 2 heterocycles. The first-order valence-corrected chi connectivity index (χ1v) is 7.06. The lowest BCUT2D eigenvalue weighted by Crippen LogP contribution is -2.62. The van der Waals surface area contributed by atoms with Gasteiger partial charge in [0.25, 0.3) is 0 Å². The first-order chi connectivity index (χ1) is 8.29. The molecule has 2 aliphatic heterocycles. The van der Waals surface area contributed by atoms with E-state index in [1.807, 2.05) is 0 Å². The van der Waals surface area contributed by atoms with E-state index in [9.17, 15) is 0 Å². The Hall–Kier alpha value is -0.160. The molecule has 0 aromatic rings. The Morgan fingerprint density at radius 3 is 2.28 bits per heavy atom. The van der Waals surface area contributed by atoms with Crippen LogP contribution in [0.15, 0.2) is 0 Å². The van der Waals surface area contributed by atoms with Gasteiger partial charge in [0.2, 0.25) is 0 Å². The summed E-state index contributed by atoms with van der Waals surface area (Å²) in [4.78, 5) is 2.52. The van der Waals surface area contributed by atoms with Crippen molar-refractivity contribution in [2.75, 3.05) is 32.8 Å². The highest BCUT2D eigenvalue weighted by molar-refractivity contribution is 4.93. The highest BCUT2D eigenvalue weighted by Gasteiger charge is 2.41. The van der Waals surface area contributed by atoms with Crippen LogP contribution in [0.2, 0.25) is 0 Å². The molecule has 0 spiro atoms. The van der Waals surface area contributed by atoms with Gasteiger partial charge in [0.1, 0.15) is 0 Å². The second-order valence-corrected chi connectivity index (χ2v) is 6.88. The summed E-state index contributed by atoms with van der Waals surface area (Å²) in [6, 6.07) is 0.431. The van der Waals surface area contributed by atoms with E-state index in [2.05, 4.69) is 44.8 Å². The van der Waals surface area contributed by atoms with Gasteiger partial charge in [-0.1, -0.05) is 0 Å². The van der Waals surface area contributed by atoms with Crippen LogP contribution >= 0.6 is 0 Å². The van der Waals surface area contributed by atoms with Gasteiger partial charge in [0.05, 0.1) is 23.9 Å². The molecule has 1 N–H and O–H groups in total. The summed E-state index contributed by atoms with van der Waals surface area (Å²) in [5.41, 5.74) is -0.170. The summed E-state index contributed by atoms with van der Waals surface area (Å²) >= 11 is 0. The molecular formula is C14H28N2O2. The minimum atomic E-state index is -0.0852. The van der Waals surface area contributed by atoms with Gasteiger partial charge in [-0.2, -0.15) is 0 Å². The molecule has 0 radical (unpaired) electrons. The number of hydrogen-bond acceptors (Lipinski definition) is 4. The van der Waals surface area contributed by atoms with Crippen molar-refractivity contribution in [2.24, 2.45) is 0 Å². The number of morpholine rings is 2. The number of hydrogen-bond donors (Lipinski definition) is 1. The normalized spacial score (nSPS) is 34.2. The van der Waals surface area contributed by atoms with Gasteiger partial charge in [-0.3, -0.25) is 4.90 Å². The predicted octanol–water partition coefficient (Wildman–Crippen LogP) is 1.25. The molecule has 106 valence electrons. The molecule has 2 unspecified atom stereocenters. The predicted molar refractivity (Wildman–Crippen MR) is 72.9 cm³/mol. The zero-order valence-corrected chi connectivity index (χ0v) is 12.5. The largest absolute Gasteiger partial charge is 0.374 e. The molecule has 4 heteroatoms. The number of nitrogens with zero attached hydrogens (tertiary/aromatic N) is 1. The third kappa shape index (κ3) is 3.44. The van der Waals surface area contributed by atoms with Gasteiger partial charge in [-0.05, 0) is 34.6 Å². The SMILES string of the molecule is CC(C1CNCCO1)N1CC(C)(C)OC(C)(C)C1. The summed E-state index contributed by atoms with van der Waals surface area (Å²) in [6.45, 7) is 15.7. The fourth-order valence-electron chi connectivity index (χ4n) is 3.27. The summed E-state index contributed by atoms with van der Waals surface area (Å²) in [7, 11) is 0. The molecule has 2 aliphatic rings. The molecule has 2 rings (SSSR count). The lowest BCUT2D eigenvalue weighted by molar-refractivity contribution is -0.195. The molecule has 0 saturated carbocycles. The Bertz CT molecular complexity index is 270. The van der Waals surface area contributed by atoms with Crippen LogP contribution in [-0.4, -0.2) is 61.0 Å². The minimum Gasteiger partial charge on any atom is -0.374 e. The molecule has 0 bridgehead atoms. The number of ether oxygens (including phenoxy) is 2. The standard InChI is InChI=1S/C14H28N2O2/c1-11(12-8-15-6-7-17-12)16-9-13(2,3)18-14(4,5)10-16/h11-12,15H,6-10H2,1-5H3. The van der Waals surface area contributed by atoms with Crippen LogP contribution in [0.1, 0.15) is 34.6 Å². The topological polar surface area (TPSA) is 33.7 Å². The van der Waals surface area contributed by atoms with Crippen LogP contribution in [-0.2, 0) is 9.47 Å². The van der Waals surface area contributed by atoms with Gasteiger partial charge >= 0.3 is 0 Å². The van der Waals surface area contributed by atoms with Crippen molar-refractivity contribution in [3.63, 3.8) is 0 Å².